The Morgan fingerprint density at radius 3 is 2.87 bits per heavy atom. The van der Waals surface area contributed by atoms with Crippen LogP contribution in [-0.2, 0) is 6.54 Å². The van der Waals surface area contributed by atoms with Crippen molar-refractivity contribution in [3.8, 4) is 0 Å². The van der Waals surface area contributed by atoms with Crippen molar-refractivity contribution in [2.75, 3.05) is 0 Å². The van der Waals surface area contributed by atoms with Gasteiger partial charge in [0.05, 0.1) is 20.9 Å². The molecule has 0 saturated heterocycles. The van der Waals surface area contributed by atoms with Crippen molar-refractivity contribution in [2.24, 2.45) is 4.99 Å². The topological polar surface area (TPSA) is 47.2 Å². The van der Waals surface area contributed by atoms with Crippen LogP contribution in [0.25, 0.3) is 10.2 Å². The van der Waals surface area contributed by atoms with Gasteiger partial charge in [0, 0.05) is 6.54 Å². The first-order chi connectivity index (χ1) is 11.0. The number of thiazole rings is 2. The summed E-state index contributed by atoms with van der Waals surface area (Å²) in [5, 5.41) is 0.822. The lowest BCUT2D eigenvalue weighted by molar-refractivity contribution is 0.100. The number of hydrogen-bond donors (Lipinski definition) is 0. The Bertz CT molecular complexity index is 981. The largest absolute Gasteiger partial charge is 0.310 e. The number of amides is 1. The van der Waals surface area contributed by atoms with E-state index in [-0.39, 0.29) is 11.7 Å². The summed E-state index contributed by atoms with van der Waals surface area (Å²) in [6, 6.07) is 4.86. The van der Waals surface area contributed by atoms with Gasteiger partial charge in [-0.3, -0.25) is 4.79 Å². The monoisotopic (exact) mass is 347 g/mol. The molecule has 0 aliphatic rings. The Morgan fingerprint density at radius 1 is 1.43 bits per heavy atom. The SMILES string of the molecule is C=CCn1c(=NC(=O)c2sc(C)nc2C)sc2cccc(F)c21. The molecule has 0 radical (unpaired) electrons. The van der Waals surface area contributed by atoms with Gasteiger partial charge in [0.2, 0.25) is 0 Å². The van der Waals surface area contributed by atoms with Gasteiger partial charge in [-0.2, -0.15) is 4.99 Å². The number of nitrogens with zero attached hydrogens (tertiary/aromatic N) is 3. The maximum atomic E-state index is 14.1. The lowest BCUT2D eigenvalue weighted by atomic mass is 10.3. The van der Waals surface area contributed by atoms with Gasteiger partial charge < -0.3 is 4.57 Å². The quantitative estimate of drug-likeness (QED) is 0.676. The van der Waals surface area contributed by atoms with E-state index in [1.165, 1.54) is 28.7 Å². The first-order valence-corrected chi connectivity index (χ1v) is 8.56. The zero-order valence-electron chi connectivity index (χ0n) is 12.7. The summed E-state index contributed by atoms with van der Waals surface area (Å²) in [6.45, 7) is 7.71. The summed E-state index contributed by atoms with van der Waals surface area (Å²) >= 11 is 2.60. The summed E-state index contributed by atoms with van der Waals surface area (Å²) in [6.07, 6.45) is 1.66. The van der Waals surface area contributed by atoms with Crippen molar-refractivity contribution >= 4 is 38.8 Å². The summed E-state index contributed by atoms with van der Waals surface area (Å²) in [5.41, 5.74) is 1.12. The molecule has 0 saturated carbocycles. The number of rotatable bonds is 3. The number of aryl methyl sites for hydroxylation is 2. The summed E-state index contributed by atoms with van der Waals surface area (Å²) in [5.74, 6) is -0.683. The molecule has 0 aliphatic carbocycles. The minimum atomic E-state index is -0.349. The van der Waals surface area contributed by atoms with Crippen molar-refractivity contribution in [1.82, 2.24) is 9.55 Å². The molecule has 23 heavy (non-hydrogen) atoms. The minimum absolute atomic E-state index is 0.334. The molecule has 0 bridgehead atoms. The molecule has 0 unspecified atom stereocenters. The highest BCUT2D eigenvalue weighted by atomic mass is 32.1. The second-order valence-corrected chi connectivity index (χ2v) is 7.15. The first-order valence-electron chi connectivity index (χ1n) is 6.93. The van der Waals surface area contributed by atoms with Crippen LogP contribution in [0.5, 0.6) is 0 Å². The maximum Gasteiger partial charge on any atom is 0.291 e. The van der Waals surface area contributed by atoms with Gasteiger partial charge in [-0.15, -0.1) is 17.9 Å². The molecule has 0 spiro atoms. The molecule has 0 aliphatic heterocycles. The molecular weight excluding hydrogens is 333 g/mol. The first kappa shape index (κ1) is 15.8. The van der Waals surface area contributed by atoms with Crippen molar-refractivity contribution in [2.45, 2.75) is 20.4 Å². The van der Waals surface area contributed by atoms with Gasteiger partial charge in [0.25, 0.3) is 5.91 Å². The molecule has 4 nitrogen and oxygen atoms in total. The normalized spacial score (nSPS) is 12.0. The van der Waals surface area contributed by atoms with Crippen molar-refractivity contribution in [1.29, 1.82) is 0 Å². The van der Waals surface area contributed by atoms with E-state index in [4.69, 9.17) is 0 Å². The third-order valence-corrected chi connectivity index (χ3v) is 5.36. The highest BCUT2D eigenvalue weighted by molar-refractivity contribution is 7.16. The highest BCUT2D eigenvalue weighted by Gasteiger charge is 2.15. The third kappa shape index (κ3) is 2.89. The third-order valence-electron chi connectivity index (χ3n) is 3.26. The van der Waals surface area contributed by atoms with E-state index in [1.54, 1.807) is 23.6 Å². The number of aromatic nitrogens is 2. The molecule has 118 valence electrons. The predicted molar refractivity (Wildman–Crippen MR) is 91.5 cm³/mol. The van der Waals surface area contributed by atoms with Gasteiger partial charge in [0.1, 0.15) is 10.7 Å². The number of benzene rings is 1. The zero-order valence-corrected chi connectivity index (χ0v) is 14.3. The van der Waals surface area contributed by atoms with Crippen LogP contribution >= 0.6 is 22.7 Å². The Morgan fingerprint density at radius 2 is 2.22 bits per heavy atom. The van der Waals surface area contributed by atoms with Crippen LogP contribution in [0.15, 0.2) is 35.8 Å². The fourth-order valence-corrected chi connectivity index (χ4v) is 4.19. The number of hydrogen-bond acceptors (Lipinski definition) is 4. The molecule has 7 heteroatoms. The lowest BCUT2D eigenvalue weighted by Crippen LogP contribution is -2.16. The van der Waals surface area contributed by atoms with Crippen LogP contribution in [0.4, 0.5) is 4.39 Å². The van der Waals surface area contributed by atoms with E-state index in [9.17, 15) is 9.18 Å². The molecule has 1 amide bonds. The predicted octanol–water partition coefficient (Wildman–Crippen LogP) is 3.84. The van der Waals surface area contributed by atoms with Crippen LogP contribution in [0.2, 0.25) is 0 Å². The Kier molecular flexibility index (Phi) is 4.23. The van der Waals surface area contributed by atoms with E-state index in [0.29, 0.717) is 27.4 Å². The maximum absolute atomic E-state index is 14.1. The van der Waals surface area contributed by atoms with Crippen LogP contribution in [0.3, 0.4) is 0 Å². The zero-order chi connectivity index (χ0) is 16.6. The van der Waals surface area contributed by atoms with Gasteiger partial charge in [0.15, 0.2) is 4.80 Å². The highest BCUT2D eigenvalue weighted by Crippen LogP contribution is 2.21. The van der Waals surface area contributed by atoms with Gasteiger partial charge in [-0.1, -0.05) is 23.5 Å². The number of carbonyl (C=O) groups excluding carboxylic acids is 1. The van der Waals surface area contributed by atoms with Crippen LogP contribution < -0.4 is 4.80 Å². The summed E-state index contributed by atoms with van der Waals surface area (Å²) < 4.78 is 16.5. The molecule has 3 aromatic rings. The second-order valence-electron chi connectivity index (χ2n) is 4.93. The van der Waals surface area contributed by atoms with Crippen LogP contribution in [0, 0.1) is 19.7 Å². The van der Waals surface area contributed by atoms with E-state index < -0.39 is 0 Å². The number of para-hydroxylation sites is 1. The minimum Gasteiger partial charge on any atom is -0.310 e. The molecule has 2 heterocycles. The summed E-state index contributed by atoms with van der Waals surface area (Å²) in [4.78, 5) is 21.9. The molecule has 3 rings (SSSR count). The van der Waals surface area contributed by atoms with Crippen molar-refractivity contribution < 1.29 is 9.18 Å². The van der Waals surface area contributed by atoms with E-state index in [2.05, 4.69) is 16.6 Å². The van der Waals surface area contributed by atoms with Crippen LogP contribution in [-0.4, -0.2) is 15.5 Å². The fourth-order valence-electron chi connectivity index (χ4n) is 2.34. The molecule has 1 aromatic carbocycles. The number of carbonyl (C=O) groups is 1. The molecule has 0 N–H and O–H groups in total. The average molecular weight is 347 g/mol. The average Bonchev–Trinajstić information content (AvgIpc) is 3.01. The van der Waals surface area contributed by atoms with E-state index in [1.807, 2.05) is 13.0 Å². The molecule has 0 atom stereocenters. The number of fused-ring (bicyclic) bond motifs is 1. The molecule has 2 aromatic heterocycles. The van der Waals surface area contributed by atoms with Crippen LogP contribution in [0.1, 0.15) is 20.4 Å². The van der Waals surface area contributed by atoms with Crippen molar-refractivity contribution in [3.05, 3.63) is 57.1 Å². The summed E-state index contributed by atoms with van der Waals surface area (Å²) in [7, 11) is 0. The van der Waals surface area contributed by atoms with Gasteiger partial charge in [-0.05, 0) is 26.0 Å². The van der Waals surface area contributed by atoms with E-state index in [0.717, 1.165) is 9.71 Å². The lowest BCUT2D eigenvalue weighted by Gasteiger charge is -2.01. The molecular formula is C16H14FN3OS2. The second kappa shape index (κ2) is 6.17. The number of allylic oxidation sites excluding steroid dienone is 1. The van der Waals surface area contributed by atoms with Crippen molar-refractivity contribution in [3.63, 3.8) is 0 Å². The number of halogens is 1. The van der Waals surface area contributed by atoms with E-state index >= 15 is 0 Å². The standard InChI is InChI=1S/C16H14FN3OS2/c1-4-8-20-13-11(17)6-5-7-12(13)23-16(20)19-15(21)14-9(2)18-10(3)22-14/h4-7H,1,8H2,2-3H3. The Balaban J connectivity index is 2.20. The van der Waals surface area contributed by atoms with Gasteiger partial charge in [-0.25, -0.2) is 9.37 Å². The Hall–Kier alpha value is -2.12. The molecule has 0 fully saturated rings. The smallest absolute Gasteiger partial charge is 0.291 e. The van der Waals surface area contributed by atoms with Gasteiger partial charge >= 0.3 is 0 Å². The Labute approximate surface area is 140 Å². The fraction of sp³-hybridized carbons (Fsp3) is 0.188.